The summed E-state index contributed by atoms with van der Waals surface area (Å²) >= 11 is 9.08. The van der Waals surface area contributed by atoms with Crippen LogP contribution in [0.4, 0.5) is 0 Å². The molecule has 1 aliphatic carbocycles. The Labute approximate surface area is 226 Å². The molecule has 1 saturated carbocycles. The van der Waals surface area contributed by atoms with Crippen LogP contribution < -0.4 is 4.72 Å². The highest BCUT2D eigenvalue weighted by Crippen LogP contribution is 2.53. The van der Waals surface area contributed by atoms with E-state index >= 15 is 0 Å². The maximum Gasteiger partial charge on any atom is 0.325 e. The van der Waals surface area contributed by atoms with Crippen molar-refractivity contribution in [3.8, 4) is 10.4 Å². The first kappa shape index (κ1) is 25.8. The lowest BCUT2D eigenvalue weighted by atomic mass is 10.0. The van der Waals surface area contributed by atoms with Crippen LogP contribution in [-0.4, -0.2) is 59.6 Å². The van der Waals surface area contributed by atoms with Crippen LogP contribution in [0.25, 0.3) is 10.4 Å². The maximum atomic E-state index is 12.3. The molecule has 0 radical (unpaired) electrons. The van der Waals surface area contributed by atoms with Crippen LogP contribution in [0.15, 0.2) is 64.9 Å². The molecule has 2 atom stereocenters. The number of hydrogen-bond acceptors (Lipinski definition) is 6. The lowest BCUT2D eigenvalue weighted by Gasteiger charge is -2.35. The summed E-state index contributed by atoms with van der Waals surface area (Å²) in [6.07, 6.45) is 2.99. The Morgan fingerprint density at radius 2 is 1.94 bits per heavy atom. The van der Waals surface area contributed by atoms with E-state index in [0.717, 1.165) is 39.8 Å². The van der Waals surface area contributed by atoms with Crippen LogP contribution >= 0.6 is 34.9 Å². The summed E-state index contributed by atoms with van der Waals surface area (Å²) in [6.45, 7) is 3.18. The molecular weight excluding hydrogens is 510 g/mol. The maximum absolute atomic E-state index is 12.3. The SMILES string of the molecule is CN1CCC(N(C)Cc2cccc(C3CC3(NSc3ccc(-c4ccc(Cl)cc4)s3)C(=O)O)c2)CC1. The summed E-state index contributed by atoms with van der Waals surface area (Å²) in [6, 6.07) is 21.0. The molecule has 2 unspecified atom stereocenters. The highest BCUT2D eigenvalue weighted by molar-refractivity contribution is 7.99. The second-order valence-electron chi connectivity index (χ2n) is 10.1. The molecule has 2 aromatic carbocycles. The van der Waals surface area contributed by atoms with E-state index < -0.39 is 11.5 Å². The van der Waals surface area contributed by atoms with Gasteiger partial charge in [0, 0.05) is 28.4 Å². The molecule has 5 nitrogen and oxygen atoms in total. The minimum Gasteiger partial charge on any atom is -0.480 e. The quantitative estimate of drug-likeness (QED) is 0.314. The van der Waals surface area contributed by atoms with Crippen LogP contribution in [0, 0.1) is 0 Å². The van der Waals surface area contributed by atoms with Gasteiger partial charge in [0.05, 0.1) is 4.21 Å². The molecule has 1 saturated heterocycles. The second-order valence-corrected chi connectivity index (χ2v) is 12.7. The fraction of sp³-hybridized carbons (Fsp3) is 0.393. The van der Waals surface area contributed by atoms with Gasteiger partial charge in [0.2, 0.25) is 0 Å². The Morgan fingerprint density at radius 1 is 1.19 bits per heavy atom. The molecule has 190 valence electrons. The predicted octanol–water partition coefficient (Wildman–Crippen LogP) is 6.20. The summed E-state index contributed by atoms with van der Waals surface area (Å²) in [5.74, 6) is -0.824. The van der Waals surface area contributed by atoms with Crippen molar-refractivity contribution in [2.24, 2.45) is 0 Å². The molecule has 3 aromatic rings. The molecule has 2 fully saturated rings. The van der Waals surface area contributed by atoms with Crippen LogP contribution in [0.2, 0.25) is 5.02 Å². The van der Waals surface area contributed by atoms with Crippen molar-refractivity contribution in [2.45, 2.75) is 47.5 Å². The van der Waals surface area contributed by atoms with Gasteiger partial charge in [-0.3, -0.25) is 9.69 Å². The molecule has 0 bridgehead atoms. The third-order valence-corrected chi connectivity index (χ3v) is 9.97. The first-order valence-corrected chi connectivity index (χ1v) is 14.4. The van der Waals surface area contributed by atoms with Crippen LogP contribution in [-0.2, 0) is 11.3 Å². The van der Waals surface area contributed by atoms with Crippen molar-refractivity contribution in [1.29, 1.82) is 0 Å². The van der Waals surface area contributed by atoms with Gasteiger partial charge < -0.3 is 10.0 Å². The van der Waals surface area contributed by atoms with Gasteiger partial charge in [-0.25, -0.2) is 4.72 Å². The summed E-state index contributed by atoms with van der Waals surface area (Å²) in [7, 11) is 4.40. The number of thiophene rings is 1. The standard InChI is InChI=1S/C28H32ClN3O2S2/c1-31-14-12-23(13-15-31)32(2)18-19-4-3-5-21(16-19)24-17-28(24,27(33)34)30-36-26-11-10-25(35-26)20-6-8-22(29)9-7-20/h3-11,16,23-24,30H,12-15,17-18H2,1-2H3,(H,33,34). The van der Waals surface area contributed by atoms with Gasteiger partial charge in [-0.15, -0.1) is 11.3 Å². The van der Waals surface area contributed by atoms with Crippen molar-refractivity contribution in [3.05, 3.63) is 76.8 Å². The molecule has 0 spiro atoms. The van der Waals surface area contributed by atoms with Gasteiger partial charge in [-0.05, 0) is 99.4 Å². The number of carbonyl (C=O) groups is 1. The smallest absolute Gasteiger partial charge is 0.325 e. The van der Waals surface area contributed by atoms with Gasteiger partial charge in [0.15, 0.2) is 0 Å². The van der Waals surface area contributed by atoms with E-state index in [4.69, 9.17) is 11.6 Å². The largest absolute Gasteiger partial charge is 0.480 e. The highest BCUT2D eigenvalue weighted by Gasteiger charge is 2.61. The van der Waals surface area contributed by atoms with E-state index in [1.54, 1.807) is 11.3 Å². The fourth-order valence-electron chi connectivity index (χ4n) is 5.10. The number of carboxylic acids is 1. The minimum absolute atomic E-state index is 0.0354. The van der Waals surface area contributed by atoms with Crippen molar-refractivity contribution in [3.63, 3.8) is 0 Å². The average Bonchev–Trinajstić information content (AvgIpc) is 3.44. The summed E-state index contributed by atoms with van der Waals surface area (Å²) < 4.78 is 4.36. The van der Waals surface area contributed by atoms with E-state index in [1.807, 2.05) is 30.3 Å². The van der Waals surface area contributed by atoms with Crippen LogP contribution in [0.1, 0.15) is 36.3 Å². The summed E-state index contributed by atoms with van der Waals surface area (Å²) in [5, 5.41) is 10.8. The van der Waals surface area contributed by atoms with Crippen molar-refractivity contribution in [1.82, 2.24) is 14.5 Å². The number of benzene rings is 2. The van der Waals surface area contributed by atoms with E-state index in [9.17, 15) is 9.90 Å². The fourth-order valence-corrected chi connectivity index (χ4v) is 7.27. The number of carboxylic acid groups (broad SMARTS) is 1. The average molecular weight is 542 g/mol. The third kappa shape index (κ3) is 5.67. The molecule has 1 aliphatic heterocycles. The molecular formula is C28H32ClN3O2S2. The van der Waals surface area contributed by atoms with E-state index in [1.165, 1.54) is 30.4 Å². The third-order valence-electron chi connectivity index (χ3n) is 7.48. The Kier molecular flexibility index (Phi) is 7.77. The monoisotopic (exact) mass is 541 g/mol. The molecule has 5 rings (SSSR count). The van der Waals surface area contributed by atoms with Crippen molar-refractivity contribution in [2.75, 3.05) is 27.2 Å². The second kappa shape index (κ2) is 10.9. The van der Waals surface area contributed by atoms with Gasteiger partial charge in [-0.2, -0.15) is 0 Å². The molecule has 2 N–H and O–H groups in total. The van der Waals surface area contributed by atoms with E-state index in [2.05, 4.69) is 58.9 Å². The normalized spacial score (nSPS) is 22.7. The summed E-state index contributed by atoms with van der Waals surface area (Å²) in [5.41, 5.74) is 2.52. The zero-order valence-electron chi connectivity index (χ0n) is 20.6. The number of likely N-dealkylation sites (tertiary alicyclic amines) is 1. The van der Waals surface area contributed by atoms with E-state index in [-0.39, 0.29) is 5.92 Å². The number of nitrogens with one attached hydrogen (secondary N) is 1. The molecule has 2 heterocycles. The number of rotatable bonds is 9. The molecule has 0 amide bonds. The van der Waals surface area contributed by atoms with E-state index in [0.29, 0.717) is 17.5 Å². The van der Waals surface area contributed by atoms with Gasteiger partial charge in [0.1, 0.15) is 5.54 Å². The van der Waals surface area contributed by atoms with Gasteiger partial charge in [0.25, 0.3) is 0 Å². The molecule has 36 heavy (non-hydrogen) atoms. The van der Waals surface area contributed by atoms with Crippen LogP contribution in [0.5, 0.6) is 0 Å². The van der Waals surface area contributed by atoms with Crippen molar-refractivity contribution >= 4 is 40.9 Å². The molecule has 1 aromatic heterocycles. The number of aliphatic carboxylic acids is 1. The Balaban J connectivity index is 1.23. The van der Waals surface area contributed by atoms with Crippen molar-refractivity contribution < 1.29 is 9.90 Å². The minimum atomic E-state index is -0.937. The highest BCUT2D eigenvalue weighted by atomic mass is 35.5. The van der Waals surface area contributed by atoms with Gasteiger partial charge >= 0.3 is 5.97 Å². The zero-order chi connectivity index (χ0) is 25.3. The number of nitrogens with zero attached hydrogens (tertiary/aromatic N) is 2. The zero-order valence-corrected chi connectivity index (χ0v) is 23.0. The first-order valence-electron chi connectivity index (χ1n) is 12.3. The number of halogens is 1. The van der Waals surface area contributed by atoms with Crippen LogP contribution in [0.3, 0.4) is 0 Å². The molecule has 2 aliphatic rings. The first-order chi connectivity index (χ1) is 17.3. The Morgan fingerprint density at radius 3 is 2.67 bits per heavy atom. The summed E-state index contributed by atoms with van der Waals surface area (Å²) in [4.78, 5) is 18.3. The topological polar surface area (TPSA) is 55.8 Å². The number of piperidine rings is 1. The number of hydrogen-bond donors (Lipinski definition) is 2. The predicted molar refractivity (Wildman–Crippen MR) is 150 cm³/mol. The molecule has 8 heteroatoms. The van der Waals surface area contributed by atoms with Gasteiger partial charge in [-0.1, -0.05) is 48.0 Å². The lowest BCUT2D eigenvalue weighted by Crippen LogP contribution is -2.41. The lowest BCUT2D eigenvalue weighted by molar-refractivity contribution is -0.140. The Bertz CT molecular complexity index is 1210. The Hall–Kier alpha value is -1.87.